The molecule has 0 spiro atoms. The topological polar surface area (TPSA) is 110 Å². The molecule has 32 heavy (non-hydrogen) atoms. The van der Waals surface area contributed by atoms with Gasteiger partial charge in [0.15, 0.2) is 0 Å². The molecule has 0 aromatic heterocycles. The second-order valence-electron chi connectivity index (χ2n) is 8.30. The molecule has 1 saturated carbocycles. The van der Waals surface area contributed by atoms with E-state index in [9.17, 15) is 9.59 Å². The Morgan fingerprint density at radius 1 is 0.906 bits per heavy atom. The molecule has 0 heterocycles. The van der Waals surface area contributed by atoms with Crippen LogP contribution in [0.5, 0.6) is 0 Å². The minimum atomic E-state index is -0.110. The lowest BCUT2D eigenvalue weighted by molar-refractivity contribution is -0.119. The van der Waals surface area contributed by atoms with Crippen LogP contribution in [-0.4, -0.2) is 23.9 Å². The van der Waals surface area contributed by atoms with E-state index in [-0.39, 0.29) is 23.9 Å². The second kappa shape index (κ2) is 11.7. The Balaban J connectivity index is 1.80. The van der Waals surface area contributed by atoms with Gasteiger partial charge in [0.2, 0.25) is 11.8 Å². The zero-order valence-corrected chi connectivity index (χ0v) is 19.0. The third-order valence-electron chi connectivity index (χ3n) is 5.35. The molecular weight excluding hydrogens is 400 g/mol. The second-order valence-corrected chi connectivity index (χ2v) is 8.30. The highest BCUT2D eigenvalue weighted by Gasteiger charge is 2.24. The Hall–Kier alpha value is -3.54. The number of rotatable bonds is 8. The van der Waals surface area contributed by atoms with Gasteiger partial charge in [0, 0.05) is 34.6 Å². The molecule has 0 saturated heterocycles. The Bertz CT molecular complexity index is 947. The van der Waals surface area contributed by atoms with Gasteiger partial charge in [0.25, 0.3) is 0 Å². The molecule has 0 aliphatic heterocycles. The summed E-state index contributed by atoms with van der Waals surface area (Å²) in [6.45, 7) is 11.0. The van der Waals surface area contributed by atoms with Crippen molar-refractivity contribution in [2.75, 3.05) is 5.73 Å². The fraction of sp³-hybridized carbons (Fsp3) is 0.308. The zero-order chi connectivity index (χ0) is 23.7. The number of carbonyl (C=O) groups is 2. The predicted octanol–water partition coefficient (Wildman–Crippen LogP) is 3.75. The quantitative estimate of drug-likeness (QED) is 0.284. The molecule has 1 aromatic carbocycles. The number of allylic oxidation sites excluding steroid dienone is 4. The molecule has 0 bridgehead atoms. The highest BCUT2D eigenvalue weighted by atomic mass is 16.2. The number of carbonyl (C=O) groups excluding carboxylic acids is 2. The number of nitrogens with two attached hydrogens (primary N) is 2. The first-order valence-electron chi connectivity index (χ1n) is 10.8. The summed E-state index contributed by atoms with van der Waals surface area (Å²) in [7, 11) is 0. The predicted molar refractivity (Wildman–Crippen MR) is 132 cm³/mol. The largest absolute Gasteiger partial charge is 0.399 e. The fourth-order valence-corrected chi connectivity index (χ4v) is 3.49. The molecule has 1 aromatic rings. The third kappa shape index (κ3) is 8.30. The van der Waals surface area contributed by atoms with Crippen molar-refractivity contribution in [3.8, 4) is 0 Å². The summed E-state index contributed by atoms with van der Waals surface area (Å²) in [5, 5.41) is 6.18. The van der Waals surface area contributed by atoms with E-state index in [1.165, 1.54) is 0 Å². The van der Waals surface area contributed by atoms with Gasteiger partial charge in [-0.15, -0.1) is 0 Å². The number of nitrogens with one attached hydrogen (secondary N) is 2. The van der Waals surface area contributed by atoms with Crippen LogP contribution >= 0.6 is 0 Å². The van der Waals surface area contributed by atoms with E-state index in [1.54, 1.807) is 32.1 Å². The molecule has 1 aliphatic carbocycles. The summed E-state index contributed by atoms with van der Waals surface area (Å²) in [5.74, 6) is -0.180. The van der Waals surface area contributed by atoms with Crippen molar-refractivity contribution < 1.29 is 9.59 Å². The van der Waals surface area contributed by atoms with Gasteiger partial charge >= 0.3 is 0 Å². The highest BCUT2D eigenvalue weighted by molar-refractivity contribution is 5.97. The van der Waals surface area contributed by atoms with Crippen LogP contribution in [0.3, 0.4) is 0 Å². The number of amides is 2. The molecule has 170 valence electrons. The standard InChI is InChI=1S/C26H34N4O2/c1-17(5-6-20(4)27)15-18(2)25(31)29-23-11-13-24(14-12-23)30-26(32)19(3)16-21-7-9-22(28)10-8-21/h5-10,15-16,23-24H,1,4,11-14,27-28H2,2-3H3,(H,29,31)(H,30,32)/b6-5-,18-15+,19-16+. The fourth-order valence-electron chi connectivity index (χ4n) is 3.49. The maximum Gasteiger partial charge on any atom is 0.247 e. The molecule has 6 N–H and O–H groups in total. The average molecular weight is 435 g/mol. The van der Waals surface area contributed by atoms with Gasteiger partial charge in [0.05, 0.1) is 0 Å². The minimum Gasteiger partial charge on any atom is -0.399 e. The van der Waals surface area contributed by atoms with Gasteiger partial charge in [-0.3, -0.25) is 9.59 Å². The van der Waals surface area contributed by atoms with Crippen LogP contribution in [0.15, 0.2) is 78.1 Å². The van der Waals surface area contributed by atoms with Crippen molar-refractivity contribution in [2.24, 2.45) is 5.73 Å². The number of nitrogen functional groups attached to an aromatic ring is 1. The number of hydrogen-bond acceptors (Lipinski definition) is 4. The van der Waals surface area contributed by atoms with Crippen LogP contribution in [0.2, 0.25) is 0 Å². The van der Waals surface area contributed by atoms with Gasteiger partial charge in [0.1, 0.15) is 0 Å². The summed E-state index contributed by atoms with van der Waals surface area (Å²) in [5.41, 5.74) is 15.2. The average Bonchev–Trinajstić information content (AvgIpc) is 2.75. The van der Waals surface area contributed by atoms with Crippen molar-refractivity contribution >= 4 is 23.6 Å². The van der Waals surface area contributed by atoms with Gasteiger partial charge < -0.3 is 22.1 Å². The molecule has 6 nitrogen and oxygen atoms in total. The van der Waals surface area contributed by atoms with Crippen molar-refractivity contribution in [3.63, 3.8) is 0 Å². The maximum absolute atomic E-state index is 12.5. The first kappa shape index (κ1) is 24.7. The van der Waals surface area contributed by atoms with E-state index >= 15 is 0 Å². The lowest BCUT2D eigenvalue weighted by Crippen LogP contribution is -2.44. The monoisotopic (exact) mass is 434 g/mol. The summed E-state index contributed by atoms with van der Waals surface area (Å²) < 4.78 is 0. The Morgan fingerprint density at radius 3 is 1.91 bits per heavy atom. The summed E-state index contributed by atoms with van der Waals surface area (Å²) in [6, 6.07) is 7.60. The Kier molecular flexibility index (Phi) is 9.08. The van der Waals surface area contributed by atoms with E-state index in [1.807, 2.05) is 30.3 Å². The van der Waals surface area contributed by atoms with Crippen LogP contribution in [0.4, 0.5) is 5.69 Å². The van der Waals surface area contributed by atoms with Crippen molar-refractivity contribution in [1.29, 1.82) is 0 Å². The van der Waals surface area contributed by atoms with Gasteiger partial charge in [-0.25, -0.2) is 0 Å². The van der Waals surface area contributed by atoms with E-state index in [4.69, 9.17) is 11.5 Å². The van der Waals surface area contributed by atoms with Crippen molar-refractivity contribution in [2.45, 2.75) is 51.6 Å². The third-order valence-corrected chi connectivity index (χ3v) is 5.35. The highest BCUT2D eigenvalue weighted by Crippen LogP contribution is 2.20. The lowest BCUT2D eigenvalue weighted by Gasteiger charge is -2.30. The molecule has 2 rings (SSSR count). The maximum atomic E-state index is 12.5. The number of hydrogen-bond donors (Lipinski definition) is 4. The smallest absolute Gasteiger partial charge is 0.247 e. The zero-order valence-electron chi connectivity index (χ0n) is 19.0. The van der Waals surface area contributed by atoms with Crippen LogP contribution in [-0.2, 0) is 9.59 Å². The first-order chi connectivity index (χ1) is 15.1. The molecule has 2 amide bonds. The molecule has 1 aliphatic rings. The van der Waals surface area contributed by atoms with E-state index < -0.39 is 0 Å². The van der Waals surface area contributed by atoms with Crippen molar-refractivity contribution in [3.05, 3.63) is 83.6 Å². The summed E-state index contributed by atoms with van der Waals surface area (Å²) in [6.07, 6.45) is 10.2. The van der Waals surface area contributed by atoms with Gasteiger partial charge in [-0.2, -0.15) is 0 Å². The SMILES string of the molecule is C=C(N)/C=C\C(=C)/C=C(\C)C(=O)NC1CCC(NC(=O)/C(C)=C/c2ccc(N)cc2)CC1. The molecule has 0 atom stereocenters. The Morgan fingerprint density at radius 2 is 1.41 bits per heavy atom. The number of benzene rings is 1. The van der Waals surface area contributed by atoms with Crippen LogP contribution in [0.25, 0.3) is 6.08 Å². The normalized spacial score (nSPS) is 19.4. The minimum absolute atomic E-state index is 0.0696. The lowest BCUT2D eigenvalue weighted by atomic mass is 9.90. The summed E-state index contributed by atoms with van der Waals surface area (Å²) in [4.78, 5) is 25.0. The molecule has 1 fully saturated rings. The van der Waals surface area contributed by atoms with E-state index in [0.29, 0.717) is 28.1 Å². The van der Waals surface area contributed by atoms with E-state index in [0.717, 1.165) is 31.2 Å². The van der Waals surface area contributed by atoms with Crippen molar-refractivity contribution in [1.82, 2.24) is 10.6 Å². The molecule has 6 heteroatoms. The van der Waals surface area contributed by atoms with E-state index in [2.05, 4.69) is 23.8 Å². The molecule has 0 unspecified atom stereocenters. The van der Waals surface area contributed by atoms with Crippen LogP contribution in [0.1, 0.15) is 45.1 Å². The summed E-state index contributed by atoms with van der Waals surface area (Å²) >= 11 is 0. The van der Waals surface area contributed by atoms with Crippen LogP contribution < -0.4 is 22.1 Å². The molecular formula is C26H34N4O2. The first-order valence-corrected chi connectivity index (χ1v) is 10.8. The number of anilines is 1. The molecule has 0 radical (unpaired) electrons. The Labute approximate surface area is 190 Å². The van der Waals surface area contributed by atoms with Crippen LogP contribution in [0, 0.1) is 0 Å². The van der Waals surface area contributed by atoms with Gasteiger partial charge in [-0.05, 0) is 81.0 Å². The van der Waals surface area contributed by atoms with Gasteiger partial charge in [-0.1, -0.05) is 31.4 Å².